The Bertz CT molecular complexity index is 1520. The van der Waals surface area contributed by atoms with Gasteiger partial charge in [-0.15, -0.1) is 0 Å². The molecule has 6 aromatic rings. The first kappa shape index (κ1) is 31.8. The maximum Gasteiger partial charge on any atom is -0.0134 e. The number of benzene rings is 3. The topological polar surface area (TPSA) is 48.5 Å². The summed E-state index contributed by atoms with van der Waals surface area (Å²) >= 11 is -0.346. The van der Waals surface area contributed by atoms with E-state index in [2.05, 4.69) is 106 Å². The van der Waals surface area contributed by atoms with Crippen molar-refractivity contribution in [2.45, 2.75) is 27.7 Å². The van der Waals surface area contributed by atoms with Gasteiger partial charge in [0.2, 0.25) is 0 Å². The Hall–Kier alpha value is -3.14. The van der Waals surface area contributed by atoms with E-state index in [1.165, 1.54) is 15.9 Å². The molecule has 0 amide bonds. The van der Waals surface area contributed by atoms with Crippen LogP contribution in [0.5, 0.6) is 0 Å². The Balaban J connectivity index is 0.000000177. The van der Waals surface area contributed by atoms with Crippen LogP contribution in [0.3, 0.4) is 0 Å². The van der Waals surface area contributed by atoms with E-state index >= 15 is 0 Å². The fourth-order valence-corrected chi connectivity index (χ4v) is 6.85. The SMILES string of the molecule is Cc1cc(C)n(-c2cccc(-n3nc(C)cc3C)n2)n1.[Cl][Ru][Cl].c1ccc(P(c2ccccc2)c2ccccc2)cc1. The average molecular weight is 702 g/mol. The number of aromatic nitrogens is 5. The largest absolute Gasteiger partial charge is 0.0622 e. The molecule has 0 bridgehead atoms. The van der Waals surface area contributed by atoms with Crippen molar-refractivity contribution >= 4 is 43.2 Å². The molecule has 3 aromatic carbocycles. The summed E-state index contributed by atoms with van der Waals surface area (Å²) in [6.45, 7) is 8.01. The molecule has 3 aromatic heterocycles. The zero-order chi connectivity index (χ0) is 29.9. The normalized spacial score (nSPS) is 10.5. The standard InChI is InChI=1S/C18H15P.C15H17N5.2ClH.Ru/c1-4-10-16(11-5-1)19(17-12-6-2-7-13-17)18-14-8-3-9-15-18;1-10-8-12(3)19(17-10)14-6-5-7-15(16-14)20-13(4)9-11(2)18-20;;;/h1-15H;5-9H,1-4H3;2*1H;/q;;;;+2/p-2. The molecule has 0 radical (unpaired) electrons. The molecular weight excluding hydrogens is 669 g/mol. The van der Waals surface area contributed by atoms with E-state index < -0.39 is 7.92 Å². The number of nitrogens with zero attached hydrogens (tertiary/aromatic N) is 5. The molecule has 0 N–H and O–H groups in total. The van der Waals surface area contributed by atoms with Crippen molar-refractivity contribution in [2.24, 2.45) is 0 Å². The molecule has 216 valence electrons. The van der Waals surface area contributed by atoms with Gasteiger partial charge in [-0.1, -0.05) is 97.1 Å². The number of aryl methyl sites for hydroxylation is 4. The van der Waals surface area contributed by atoms with Gasteiger partial charge < -0.3 is 0 Å². The first-order valence-electron chi connectivity index (χ1n) is 13.3. The van der Waals surface area contributed by atoms with Crippen LogP contribution in [0.15, 0.2) is 121 Å². The van der Waals surface area contributed by atoms with Gasteiger partial charge in [0.05, 0.1) is 11.4 Å². The monoisotopic (exact) mass is 701 g/mol. The molecule has 3 heterocycles. The summed E-state index contributed by atoms with van der Waals surface area (Å²) in [4.78, 5) is 4.66. The third kappa shape index (κ3) is 8.46. The van der Waals surface area contributed by atoms with E-state index in [1.807, 2.05) is 67.4 Å². The van der Waals surface area contributed by atoms with Crippen LogP contribution in [-0.2, 0) is 15.1 Å². The summed E-state index contributed by atoms with van der Waals surface area (Å²) in [7, 11) is 9.26. The van der Waals surface area contributed by atoms with Gasteiger partial charge >= 0.3 is 34.5 Å². The van der Waals surface area contributed by atoms with Crippen molar-refractivity contribution < 1.29 is 15.1 Å². The molecule has 0 fully saturated rings. The number of pyridine rings is 1. The third-order valence-corrected chi connectivity index (χ3v) is 8.66. The van der Waals surface area contributed by atoms with Crippen molar-refractivity contribution in [1.82, 2.24) is 24.5 Å². The third-order valence-electron chi connectivity index (χ3n) is 6.22. The van der Waals surface area contributed by atoms with Gasteiger partial charge in [-0.3, -0.25) is 0 Å². The molecule has 0 saturated carbocycles. The fourth-order valence-electron chi connectivity index (χ4n) is 4.55. The van der Waals surface area contributed by atoms with E-state index in [1.54, 1.807) is 0 Å². The molecule has 0 atom stereocenters. The van der Waals surface area contributed by atoms with Gasteiger partial charge in [0.1, 0.15) is 0 Å². The second-order valence-electron chi connectivity index (χ2n) is 9.42. The minimum Gasteiger partial charge on any atom is -0.0622 e. The van der Waals surface area contributed by atoms with Crippen molar-refractivity contribution in [3.05, 3.63) is 144 Å². The Labute approximate surface area is 265 Å². The zero-order valence-corrected chi connectivity index (χ0v) is 28.0. The van der Waals surface area contributed by atoms with Crippen LogP contribution in [0.25, 0.3) is 11.6 Å². The molecule has 9 heteroatoms. The maximum absolute atomic E-state index is 4.85. The number of hydrogen-bond donors (Lipinski definition) is 0. The zero-order valence-electron chi connectivity index (χ0n) is 23.8. The molecule has 0 unspecified atom stereocenters. The summed E-state index contributed by atoms with van der Waals surface area (Å²) in [6, 6.07) is 42.3. The molecule has 0 aliphatic heterocycles. The molecular formula is C33H32Cl2N5PRu. The smallest absolute Gasteiger partial charge is 0.0134 e. The van der Waals surface area contributed by atoms with Crippen LogP contribution >= 0.6 is 27.3 Å². The van der Waals surface area contributed by atoms with Crippen LogP contribution in [0.2, 0.25) is 0 Å². The van der Waals surface area contributed by atoms with Gasteiger partial charge in [0.25, 0.3) is 0 Å². The molecule has 42 heavy (non-hydrogen) atoms. The molecule has 0 spiro atoms. The van der Waals surface area contributed by atoms with Crippen molar-refractivity contribution in [1.29, 1.82) is 0 Å². The van der Waals surface area contributed by atoms with Crippen molar-refractivity contribution in [3.8, 4) is 11.6 Å². The van der Waals surface area contributed by atoms with Gasteiger partial charge in [-0.2, -0.15) is 10.2 Å². The molecule has 5 nitrogen and oxygen atoms in total. The summed E-state index contributed by atoms with van der Waals surface area (Å²) < 4.78 is 3.70. The van der Waals surface area contributed by atoms with Gasteiger partial charge in [0, 0.05) is 11.4 Å². The van der Waals surface area contributed by atoms with E-state index in [0.29, 0.717) is 0 Å². The fraction of sp³-hybridized carbons (Fsp3) is 0.121. The second kappa shape index (κ2) is 15.9. The molecule has 6 rings (SSSR count). The van der Waals surface area contributed by atoms with Gasteiger partial charge in [0.15, 0.2) is 11.6 Å². The van der Waals surface area contributed by atoms with Crippen LogP contribution in [0, 0.1) is 27.7 Å². The number of hydrogen-bond acceptors (Lipinski definition) is 3. The number of rotatable bonds is 5. The van der Waals surface area contributed by atoms with Crippen molar-refractivity contribution in [3.63, 3.8) is 0 Å². The predicted octanol–water partition coefficient (Wildman–Crippen LogP) is 7.51. The Kier molecular flexibility index (Phi) is 12.0. The van der Waals surface area contributed by atoms with Crippen molar-refractivity contribution in [2.75, 3.05) is 0 Å². The van der Waals surface area contributed by atoms with E-state index in [0.717, 1.165) is 34.4 Å². The average Bonchev–Trinajstić information content (AvgIpc) is 3.54. The quantitative estimate of drug-likeness (QED) is 0.138. The van der Waals surface area contributed by atoms with Gasteiger partial charge in [-0.05, 0) is 75.8 Å². The van der Waals surface area contributed by atoms with E-state index in [-0.39, 0.29) is 15.1 Å². The van der Waals surface area contributed by atoms with E-state index in [4.69, 9.17) is 19.4 Å². The summed E-state index contributed by atoms with van der Waals surface area (Å²) in [5.41, 5.74) is 4.11. The molecule has 0 saturated heterocycles. The summed E-state index contributed by atoms with van der Waals surface area (Å²) in [5.74, 6) is 1.61. The van der Waals surface area contributed by atoms with Crippen LogP contribution < -0.4 is 15.9 Å². The minimum atomic E-state index is -0.446. The Morgan fingerprint density at radius 1 is 0.524 bits per heavy atom. The van der Waals surface area contributed by atoms with Crippen LogP contribution in [0.1, 0.15) is 22.8 Å². The number of halogens is 2. The summed E-state index contributed by atoms with van der Waals surface area (Å²) in [6.07, 6.45) is 0. The predicted molar refractivity (Wildman–Crippen MR) is 174 cm³/mol. The molecule has 0 aliphatic carbocycles. The van der Waals surface area contributed by atoms with Crippen LogP contribution in [0.4, 0.5) is 0 Å². The Morgan fingerprint density at radius 3 is 1.14 bits per heavy atom. The maximum atomic E-state index is 4.85. The molecule has 0 aliphatic rings. The van der Waals surface area contributed by atoms with E-state index in [9.17, 15) is 0 Å². The minimum absolute atomic E-state index is 0.346. The van der Waals surface area contributed by atoms with Crippen LogP contribution in [-0.4, -0.2) is 24.5 Å². The summed E-state index contributed by atoms with van der Waals surface area (Å²) in [5, 5.41) is 13.1. The second-order valence-corrected chi connectivity index (χ2v) is 14.3. The first-order valence-corrected chi connectivity index (χ1v) is 19.1. The van der Waals surface area contributed by atoms with Gasteiger partial charge in [-0.25, -0.2) is 14.3 Å². The Morgan fingerprint density at radius 2 is 0.857 bits per heavy atom. The first-order chi connectivity index (χ1) is 20.4.